The van der Waals surface area contributed by atoms with Gasteiger partial charge in [0, 0.05) is 55.7 Å². The second-order valence-corrected chi connectivity index (χ2v) is 11.0. The van der Waals surface area contributed by atoms with E-state index < -0.39 is 0 Å². The first-order valence-electron chi connectivity index (χ1n) is 14.8. The van der Waals surface area contributed by atoms with Gasteiger partial charge in [-0.2, -0.15) is 0 Å². The highest BCUT2D eigenvalue weighted by Crippen LogP contribution is 2.42. The number of rotatable bonds is 13. The number of hydrogen-bond donors (Lipinski definition) is 0. The number of hydrogen-bond acceptors (Lipinski definition) is 10. The molecule has 2 aromatic heterocycles. The SMILES string of the molecule is COc1cc(-c2cc(CN(C)[C@H]3CCN(Cc4cccnc4-c4cc(OC)c(OC)c(OC)c4)C3)ccn2)cc(OC)c1OC.Cl.Cl.Cl.Cl. The van der Waals surface area contributed by atoms with Crippen molar-refractivity contribution in [1.82, 2.24) is 19.8 Å². The molecule has 2 aromatic carbocycles. The Morgan fingerprint density at radius 3 is 1.78 bits per heavy atom. The molecule has 0 radical (unpaired) electrons. The van der Waals surface area contributed by atoms with Crippen molar-refractivity contribution in [2.75, 3.05) is 62.8 Å². The summed E-state index contributed by atoms with van der Waals surface area (Å²) in [4.78, 5) is 14.3. The molecule has 4 aromatic rings. The van der Waals surface area contributed by atoms with E-state index in [1.807, 2.05) is 42.7 Å². The van der Waals surface area contributed by atoms with E-state index >= 15 is 0 Å². The summed E-state index contributed by atoms with van der Waals surface area (Å²) < 4.78 is 33.3. The monoisotopic (exact) mass is 758 g/mol. The molecular formula is C35H46Cl4N4O6. The standard InChI is InChI=1S/C35H42N4O6.4ClH/c1-38(20-23-10-13-36-28(15-23)25-16-29(40-2)34(44-6)30(17-25)41-3)27-11-14-39(22-27)21-24-9-8-12-37-33(24)26-18-31(42-4)35(45-7)32(19-26)43-5;;;;/h8-10,12-13,15-19,27H,11,14,20-22H2,1-7H3;4*1H/t27-;;;;/m0..../s1. The number of methoxy groups -OCH3 is 6. The van der Waals surface area contributed by atoms with E-state index in [1.54, 1.807) is 42.7 Å². The Kier molecular flexibility index (Phi) is 18.1. The van der Waals surface area contributed by atoms with E-state index in [9.17, 15) is 0 Å². The van der Waals surface area contributed by atoms with Crippen LogP contribution in [-0.4, -0.2) is 88.6 Å². The molecule has 0 N–H and O–H groups in total. The zero-order valence-corrected chi connectivity index (χ0v) is 32.0. The smallest absolute Gasteiger partial charge is 0.203 e. The Hall–Kier alpha value is -3.38. The Bertz CT molecular complexity index is 1580. The van der Waals surface area contributed by atoms with Crippen molar-refractivity contribution in [2.24, 2.45) is 0 Å². The van der Waals surface area contributed by atoms with Crippen LogP contribution < -0.4 is 28.4 Å². The number of pyridine rings is 2. The summed E-state index contributed by atoms with van der Waals surface area (Å²) in [6.07, 6.45) is 4.76. The first-order chi connectivity index (χ1) is 21.9. The minimum absolute atomic E-state index is 0. The van der Waals surface area contributed by atoms with Gasteiger partial charge in [0.05, 0.1) is 54.0 Å². The van der Waals surface area contributed by atoms with Crippen LogP contribution in [-0.2, 0) is 13.1 Å². The molecule has 1 aliphatic heterocycles. The Morgan fingerprint density at radius 1 is 0.694 bits per heavy atom. The van der Waals surface area contributed by atoms with Gasteiger partial charge in [0.15, 0.2) is 23.0 Å². The first kappa shape index (κ1) is 43.6. The van der Waals surface area contributed by atoms with Crippen LogP contribution in [0.25, 0.3) is 22.5 Å². The lowest BCUT2D eigenvalue weighted by Gasteiger charge is -2.25. The van der Waals surface area contributed by atoms with E-state index in [2.05, 4.69) is 40.0 Å². The molecule has 49 heavy (non-hydrogen) atoms. The van der Waals surface area contributed by atoms with Crippen molar-refractivity contribution >= 4 is 49.6 Å². The maximum absolute atomic E-state index is 5.60. The van der Waals surface area contributed by atoms with Crippen LogP contribution in [0.4, 0.5) is 0 Å². The largest absolute Gasteiger partial charge is 0.493 e. The first-order valence-corrected chi connectivity index (χ1v) is 14.8. The van der Waals surface area contributed by atoms with Gasteiger partial charge in [-0.1, -0.05) is 6.07 Å². The molecule has 10 nitrogen and oxygen atoms in total. The topological polar surface area (TPSA) is 87.6 Å². The summed E-state index contributed by atoms with van der Waals surface area (Å²) in [7, 11) is 11.9. The molecule has 1 atom stereocenters. The van der Waals surface area contributed by atoms with E-state index in [1.165, 1.54) is 5.56 Å². The number of ether oxygens (including phenoxy) is 6. The van der Waals surface area contributed by atoms with Crippen LogP contribution in [0, 0.1) is 0 Å². The lowest BCUT2D eigenvalue weighted by Crippen LogP contribution is -2.34. The van der Waals surface area contributed by atoms with E-state index in [0.717, 1.165) is 60.7 Å². The molecule has 0 spiro atoms. The van der Waals surface area contributed by atoms with Gasteiger partial charge in [-0.25, -0.2) is 0 Å². The Balaban J connectivity index is 0.00000300. The van der Waals surface area contributed by atoms with Gasteiger partial charge in [-0.3, -0.25) is 19.8 Å². The van der Waals surface area contributed by atoms with Crippen LogP contribution in [0.15, 0.2) is 60.9 Å². The summed E-state index contributed by atoms with van der Waals surface area (Å²) in [6.45, 7) is 3.57. The molecule has 0 bridgehead atoms. The summed E-state index contributed by atoms with van der Waals surface area (Å²) >= 11 is 0. The van der Waals surface area contributed by atoms with Crippen LogP contribution >= 0.6 is 49.6 Å². The third kappa shape index (κ3) is 9.87. The van der Waals surface area contributed by atoms with Crippen molar-refractivity contribution < 1.29 is 28.4 Å². The molecular weight excluding hydrogens is 714 g/mol. The van der Waals surface area contributed by atoms with Gasteiger partial charge in [0.2, 0.25) is 11.5 Å². The highest BCUT2D eigenvalue weighted by Gasteiger charge is 2.27. The van der Waals surface area contributed by atoms with Crippen molar-refractivity contribution in [3.63, 3.8) is 0 Å². The molecule has 14 heteroatoms. The van der Waals surface area contributed by atoms with Crippen LogP contribution in [0.3, 0.4) is 0 Å². The van der Waals surface area contributed by atoms with Gasteiger partial charge in [-0.15, -0.1) is 49.6 Å². The van der Waals surface area contributed by atoms with Gasteiger partial charge >= 0.3 is 0 Å². The van der Waals surface area contributed by atoms with E-state index in [4.69, 9.17) is 33.4 Å². The third-order valence-corrected chi connectivity index (χ3v) is 8.31. The minimum atomic E-state index is 0. The zero-order chi connectivity index (χ0) is 31.9. The lowest BCUT2D eigenvalue weighted by molar-refractivity contribution is 0.222. The molecule has 0 unspecified atom stereocenters. The maximum atomic E-state index is 5.60. The van der Waals surface area contributed by atoms with Gasteiger partial charge in [-0.05, 0) is 67.1 Å². The fourth-order valence-electron chi connectivity index (χ4n) is 5.98. The molecule has 1 aliphatic rings. The van der Waals surface area contributed by atoms with Gasteiger partial charge in [0.25, 0.3) is 0 Å². The fraction of sp³-hybridized carbons (Fsp3) is 0.371. The molecule has 0 amide bonds. The highest BCUT2D eigenvalue weighted by molar-refractivity contribution is 5.86. The predicted molar refractivity (Wildman–Crippen MR) is 203 cm³/mol. The van der Waals surface area contributed by atoms with E-state index in [0.29, 0.717) is 40.5 Å². The number of nitrogens with zero attached hydrogens (tertiary/aromatic N) is 4. The molecule has 0 saturated carbocycles. The average molecular weight is 761 g/mol. The minimum Gasteiger partial charge on any atom is -0.493 e. The molecule has 5 rings (SSSR count). The number of halogens is 4. The highest BCUT2D eigenvalue weighted by atomic mass is 35.5. The lowest BCUT2D eigenvalue weighted by atomic mass is 10.0. The molecule has 3 heterocycles. The fourth-order valence-corrected chi connectivity index (χ4v) is 5.98. The Morgan fingerprint density at radius 2 is 1.24 bits per heavy atom. The van der Waals surface area contributed by atoms with Gasteiger partial charge < -0.3 is 28.4 Å². The van der Waals surface area contributed by atoms with Crippen LogP contribution in [0.2, 0.25) is 0 Å². The summed E-state index contributed by atoms with van der Waals surface area (Å²) in [5.74, 6) is 3.55. The summed E-state index contributed by atoms with van der Waals surface area (Å²) in [6, 6.07) is 16.5. The third-order valence-electron chi connectivity index (χ3n) is 8.31. The maximum Gasteiger partial charge on any atom is 0.203 e. The number of aromatic nitrogens is 2. The second-order valence-electron chi connectivity index (χ2n) is 11.0. The van der Waals surface area contributed by atoms with Crippen LogP contribution in [0.5, 0.6) is 34.5 Å². The van der Waals surface area contributed by atoms with Crippen molar-refractivity contribution in [1.29, 1.82) is 0 Å². The predicted octanol–water partition coefficient (Wildman–Crippen LogP) is 7.26. The van der Waals surface area contributed by atoms with E-state index in [-0.39, 0.29) is 49.6 Å². The second kappa shape index (κ2) is 20.3. The Labute approximate surface area is 314 Å². The molecule has 1 fully saturated rings. The van der Waals surface area contributed by atoms with Gasteiger partial charge in [0.1, 0.15) is 0 Å². The number of likely N-dealkylation sites (tertiary alicyclic amines) is 1. The quantitative estimate of drug-likeness (QED) is 0.139. The normalized spacial score (nSPS) is 13.6. The van der Waals surface area contributed by atoms with Crippen molar-refractivity contribution in [3.05, 3.63) is 72.1 Å². The van der Waals surface area contributed by atoms with Crippen molar-refractivity contribution in [2.45, 2.75) is 25.6 Å². The average Bonchev–Trinajstić information content (AvgIpc) is 3.55. The summed E-state index contributed by atoms with van der Waals surface area (Å²) in [5.41, 5.74) is 5.92. The number of likely N-dealkylation sites (N-methyl/N-ethyl adjacent to an activating group) is 1. The number of benzene rings is 2. The molecule has 0 aliphatic carbocycles. The van der Waals surface area contributed by atoms with Crippen LogP contribution in [0.1, 0.15) is 17.5 Å². The summed E-state index contributed by atoms with van der Waals surface area (Å²) in [5, 5.41) is 0. The zero-order valence-electron chi connectivity index (χ0n) is 28.8. The molecule has 1 saturated heterocycles. The molecule has 270 valence electrons. The van der Waals surface area contributed by atoms with Crippen molar-refractivity contribution in [3.8, 4) is 57.0 Å².